The van der Waals surface area contributed by atoms with Crippen molar-refractivity contribution in [3.8, 4) is 0 Å². The van der Waals surface area contributed by atoms with Gasteiger partial charge >= 0.3 is 12.1 Å². The SMILES string of the molecule is CCOC(=O)C(CN(C)C(=O)OC(C)(C)C)C(O)C1=CC(C)(C)c2ccccc21. The van der Waals surface area contributed by atoms with Crippen molar-refractivity contribution in [1.82, 2.24) is 4.90 Å². The van der Waals surface area contributed by atoms with Gasteiger partial charge in [-0.05, 0) is 44.4 Å². The largest absolute Gasteiger partial charge is 0.466 e. The number of nitrogens with zero attached hydrogens (tertiary/aromatic N) is 1. The Morgan fingerprint density at radius 2 is 1.83 bits per heavy atom. The van der Waals surface area contributed by atoms with Crippen molar-refractivity contribution in [3.63, 3.8) is 0 Å². The summed E-state index contributed by atoms with van der Waals surface area (Å²) in [6, 6.07) is 7.84. The Balaban J connectivity index is 2.31. The van der Waals surface area contributed by atoms with Gasteiger partial charge in [-0.15, -0.1) is 0 Å². The van der Waals surface area contributed by atoms with Crippen LogP contribution in [-0.4, -0.2) is 54.0 Å². The van der Waals surface area contributed by atoms with Gasteiger partial charge in [0, 0.05) is 19.0 Å². The predicted molar refractivity (Wildman–Crippen MR) is 112 cm³/mol. The maximum Gasteiger partial charge on any atom is 0.410 e. The Bertz CT molecular complexity index is 791. The van der Waals surface area contributed by atoms with Crippen molar-refractivity contribution >= 4 is 17.6 Å². The average molecular weight is 404 g/mol. The van der Waals surface area contributed by atoms with E-state index in [1.165, 1.54) is 4.90 Å². The quantitative estimate of drug-likeness (QED) is 0.732. The number of aliphatic hydroxyl groups excluding tert-OH is 1. The van der Waals surface area contributed by atoms with Gasteiger partial charge in [-0.25, -0.2) is 4.79 Å². The molecule has 29 heavy (non-hydrogen) atoms. The fourth-order valence-electron chi connectivity index (χ4n) is 3.56. The number of rotatable bonds is 6. The van der Waals surface area contributed by atoms with E-state index in [1.807, 2.05) is 30.3 Å². The van der Waals surface area contributed by atoms with Gasteiger partial charge in [0.05, 0.1) is 12.7 Å². The lowest BCUT2D eigenvalue weighted by atomic mass is 9.87. The zero-order chi connectivity index (χ0) is 22.0. The molecular weight excluding hydrogens is 370 g/mol. The molecule has 0 radical (unpaired) electrons. The van der Waals surface area contributed by atoms with Gasteiger partial charge in [-0.3, -0.25) is 4.79 Å². The van der Waals surface area contributed by atoms with Gasteiger partial charge in [0.15, 0.2) is 0 Å². The molecular formula is C23H33NO5. The second-order valence-electron chi connectivity index (χ2n) is 9.03. The van der Waals surface area contributed by atoms with Crippen molar-refractivity contribution in [2.45, 2.75) is 58.7 Å². The molecule has 0 aliphatic heterocycles. The molecule has 2 unspecified atom stereocenters. The minimum absolute atomic E-state index is 0.0190. The summed E-state index contributed by atoms with van der Waals surface area (Å²) >= 11 is 0. The minimum Gasteiger partial charge on any atom is -0.466 e. The van der Waals surface area contributed by atoms with Gasteiger partial charge < -0.3 is 19.5 Å². The minimum atomic E-state index is -1.11. The van der Waals surface area contributed by atoms with Gasteiger partial charge in [0.2, 0.25) is 0 Å². The molecule has 2 rings (SSSR count). The van der Waals surface area contributed by atoms with Crippen LogP contribution in [0.4, 0.5) is 4.79 Å². The number of fused-ring (bicyclic) bond motifs is 1. The van der Waals surface area contributed by atoms with Crippen molar-refractivity contribution in [1.29, 1.82) is 0 Å². The third kappa shape index (κ3) is 5.38. The summed E-state index contributed by atoms with van der Waals surface area (Å²) < 4.78 is 10.6. The van der Waals surface area contributed by atoms with Crippen molar-refractivity contribution in [2.24, 2.45) is 5.92 Å². The van der Waals surface area contributed by atoms with E-state index in [1.54, 1.807) is 34.7 Å². The molecule has 1 aliphatic rings. The van der Waals surface area contributed by atoms with Crippen LogP contribution in [0, 0.1) is 5.92 Å². The number of allylic oxidation sites excluding steroid dienone is 1. The number of ether oxygens (including phenoxy) is 2. The number of hydrogen-bond donors (Lipinski definition) is 1. The molecule has 0 heterocycles. The van der Waals surface area contributed by atoms with Crippen LogP contribution in [0.5, 0.6) is 0 Å². The highest BCUT2D eigenvalue weighted by atomic mass is 16.6. The summed E-state index contributed by atoms with van der Waals surface area (Å²) in [7, 11) is 1.55. The Kier molecular flexibility index (Phi) is 6.78. The molecule has 1 N–H and O–H groups in total. The number of benzene rings is 1. The highest BCUT2D eigenvalue weighted by Crippen LogP contribution is 2.42. The maximum absolute atomic E-state index is 12.7. The van der Waals surface area contributed by atoms with Gasteiger partial charge in [-0.1, -0.05) is 44.2 Å². The average Bonchev–Trinajstić information content (AvgIpc) is 2.89. The normalized spacial score (nSPS) is 17.0. The summed E-state index contributed by atoms with van der Waals surface area (Å²) in [4.78, 5) is 26.4. The molecule has 1 aromatic carbocycles. The van der Waals surface area contributed by atoms with Crippen LogP contribution in [0.2, 0.25) is 0 Å². The molecule has 1 amide bonds. The number of carbonyl (C=O) groups excluding carboxylic acids is 2. The molecule has 6 nitrogen and oxygen atoms in total. The zero-order valence-electron chi connectivity index (χ0n) is 18.5. The lowest BCUT2D eigenvalue weighted by Gasteiger charge is -2.29. The van der Waals surface area contributed by atoms with E-state index in [0.717, 1.165) is 11.1 Å². The van der Waals surface area contributed by atoms with Crippen LogP contribution in [0.25, 0.3) is 5.57 Å². The fourth-order valence-corrected chi connectivity index (χ4v) is 3.56. The van der Waals surface area contributed by atoms with Crippen molar-refractivity contribution in [3.05, 3.63) is 41.5 Å². The summed E-state index contributed by atoms with van der Waals surface area (Å²) in [5, 5.41) is 11.2. The van der Waals surface area contributed by atoms with E-state index in [-0.39, 0.29) is 18.6 Å². The molecule has 1 aliphatic carbocycles. The van der Waals surface area contributed by atoms with Crippen LogP contribution in [0.1, 0.15) is 52.7 Å². The molecule has 0 saturated heterocycles. The molecule has 160 valence electrons. The van der Waals surface area contributed by atoms with Gasteiger partial charge in [-0.2, -0.15) is 0 Å². The lowest BCUT2D eigenvalue weighted by molar-refractivity contribution is -0.151. The first-order valence-electron chi connectivity index (χ1n) is 9.99. The van der Waals surface area contributed by atoms with Gasteiger partial charge in [0.25, 0.3) is 0 Å². The van der Waals surface area contributed by atoms with Crippen LogP contribution < -0.4 is 0 Å². The highest BCUT2D eigenvalue weighted by Gasteiger charge is 2.39. The van der Waals surface area contributed by atoms with Crippen LogP contribution in [0.15, 0.2) is 30.3 Å². The molecule has 0 aromatic heterocycles. The molecule has 0 saturated carbocycles. The van der Waals surface area contributed by atoms with E-state index >= 15 is 0 Å². The first-order chi connectivity index (χ1) is 13.4. The first kappa shape index (κ1) is 22.9. The summed E-state index contributed by atoms with van der Waals surface area (Å²) in [6.45, 7) is 11.4. The maximum atomic E-state index is 12.7. The highest BCUT2D eigenvalue weighted by molar-refractivity contribution is 5.84. The fraction of sp³-hybridized carbons (Fsp3) is 0.565. The second kappa shape index (κ2) is 8.57. The van der Waals surface area contributed by atoms with Gasteiger partial charge in [0.1, 0.15) is 11.5 Å². The number of carbonyl (C=O) groups is 2. The third-order valence-electron chi connectivity index (χ3n) is 4.91. The standard InChI is InChI=1S/C23H33NO5/c1-8-28-20(26)17(14-24(7)21(27)29-22(2,3)4)19(25)16-13-23(5,6)18-12-10-9-11-15(16)18/h9-13,17,19,25H,8,14H2,1-7H3. The number of amides is 1. The lowest BCUT2D eigenvalue weighted by Crippen LogP contribution is -2.43. The van der Waals surface area contributed by atoms with Crippen LogP contribution >= 0.6 is 0 Å². The van der Waals surface area contributed by atoms with Crippen LogP contribution in [0.3, 0.4) is 0 Å². The van der Waals surface area contributed by atoms with E-state index in [0.29, 0.717) is 5.57 Å². The molecule has 6 heteroatoms. The topological polar surface area (TPSA) is 76.1 Å². The van der Waals surface area contributed by atoms with E-state index < -0.39 is 29.7 Å². The zero-order valence-corrected chi connectivity index (χ0v) is 18.5. The summed E-state index contributed by atoms with van der Waals surface area (Å²) in [5.74, 6) is -1.47. The molecule has 0 fully saturated rings. The summed E-state index contributed by atoms with van der Waals surface area (Å²) in [6.07, 6.45) is 0.323. The molecule has 2 atom stereocenters. The van der Waals surface area contributed by atoms with E-state index in [2.05, 4.69) is 13.8 Å². The Morgan fingerprint density at radius 1 is 1.21 bits per heavy atom. The first-order valence-corrected chi connectivity index (χ1v) is 9.99. The van der Waals surface area contributed by atoms with E-state index in [4.69, 9.17) is 9.47 Å². The molecule has 0 spiro atoms. The van der Waals surface area contributed by atoms with Crippen molar-refractivity contribution in [2.75, 3.05) is 20.2 Å². The van der Waals surface area contributed by atoms with E-state index in [9.17, 15) is 14.7 Å². The smallest absolute Gasteiger partial charge is 0.410 e. The Morgan fingerprint density at radius 3 is 2.41 bits per heavy atom. The third-order valence-corrected chi connectivity index (χ3v) is 4.91. The second-order valence-corrected chi connectivity index (χ2v) is 9.03. The Hall–Kier alpha value is -2.34. The molecule has 0 bridgehead atoms. The molecule has 1 aromatic rings. The van der Waals surface area contributed by atoms with Crippen LogP contribution in [-0.2, 0) is 19.7 Å². The predicted octanol–water partition coefficient (Wildman–Crippen LogP) is 3.77. The number of hydrogen-bond acceptors (Lipinski definition) is 5. The van der Waals surface area contributed by atoms with Crippen molar-refractivity contribution < 1.29 is 24.2 Å². The monoisotopic (exact) mass is 403 g/mol. The number of aliphatic hydroxyl groups is 1. The summed E-state index contributed by atoms with van der Waals surface area (Å²) in [5.41, 5.74) is 1.78. The number of esters is 1. The Labute approximate surface area is 173 Å².